The van der Waals surface area contributed by atoms with E-state index in [4.69, 9.17) is 39.6 Å². The van der Waals surface area contributed by atoms with E-state index in [1.165, 1.54) is 6.26 Å². The van der Waals surface area contributed by atoms with Gasteiger partial charge in [0, 0.05) is 17.4 Å². The molecule has 16 heavy (non-hydrogen) atoms. The van der Waals surface area contributed by atoms with Crippen LogP contribution in [-0.2, 0) is 4.84 Å². The molecule has 0 spiro atoms. The van der Waals surface area contributed by atoms with Crippen LogP contribution in [0.5, 0.6) is 0 Å². The second kappa shape index (κ2) is 5.28. The first-order valence-corrected chi connectivity index (χ1v) is 6.12. The maximum Gasteiger partial charge on any atom is 0.128 e. The quantitative estimate of drug-likeness (QED) is 0.776. The molecule has 1 atom stereocenters. The molecular weight excluding hydrogens is 268 g/mol. The van der Waals surface area contributed by atoms with Crippen LogP contribution < -0.4 is 0 Å². The largest absolute Gasteiger partial charge is 0.411 e. The first-order chi connectivity index (χ1) is 7.72. The predicted octanol–water partition coefficient (Wildman–Crippen LogP) is 3.95. The van der Waals surface area contributed by atoms with Crippen molar-refractivity contribution in [2.24, 2.45) is 0 Å². The lowest BCUT2D eigenvalue weighted by Gasteiger charge is -2.22. The zero-order valence-corrected chi connectivity index (χ0v) is 10.6. The van der Waals surface area contributed by atoms with Gasteiger partial charge in [0.25, 0.3) is 0 Å². The predicted molar refractivity (Wildman–Crippen MR) is 66.6 cm³/mol. The number of rotatable bonds is 3. The summed E-state index contributed by atoms with van der Waals surface area (Å²) in [5, 5.41) is 3.09. The van der Waals surface area contributed by atoms with E-state index in [0.717, 1.165) is 5.56 Å². The average Bonchev–Trinajstić information content (AvgIpc) is 2.62. The Labute approximate surface area is 109 Å². The van der Waals surface area contributed by atoms with Gasteiger partial charge in [-0.25, -0.2) is 0 Å². The van der Waals surface area contributed by atoms with Gasteiger partial charge in [-0.15, -0.1) is 16.7 Å². The molecule has 2 rings (SSSR count). The number of hydrogen-bond donors (Lipinski definition) is 0. The Morgan fingerprint density at radius 1 is 1.19 bits per heavy atom. The highest BCUT2D eigenvalue weighted by molar-refractivity contribution is 6.31. The molecule has 1 heterocycles. The van der Waals surface area contributed by atoms with E-state index in [9.17, 15) is 0 Å². The van der Waals surface area contributed by atoms with E-state index in [-0.39, 0.29) is 6.04 Å². The molecule has 0 N–H and O–H groups in total. The summed E-state index contributed by atoms with van der Waals surface area (Å²) in [5.41, 5.74) is 1.04. The van der Waals surface area contributed by atoms with Crippen molar-refractivity contribution in [3.63, 3.8) is 0 Å². The molecule has 1 aliphatic heterocycles. The summed E-state index contributed by atoms with van der Waals surface area (Å²) in [6, 6.07) is 7.44. The number of alkyl halides is 1. The summed E-state index contributed by atoms with van der Waals surface area (Å²) in [6.45, 7) is 0.613. The molecule has 86 valence electrons. The van der Waals surface area contributed by atoms with Gasteiger partial charge < -0.3 is 4.84 Å². The second-order valence-corrected chi connectivity index (χ2v) is 4.64. The third-order valence-corrected chi connectivity index (χ3v) is 3.06. The molecule has 1 aromatic rings. The van der Waals surface area contributed by atoms with E-state index in [2.05, 4.69) is 0 Å². The van der Waals surface area contributed by atoms with E-state index in [0.29, 0.717) is 22.5 Å². The number of nitrogens with zero attached hydrogens (tertiary/aromatic N) is 1. The molecule has 0 radical (unpaired) electrons. The molecule has 1 unspecified atom stereocenters. The first-order valence-electron chi connectivity index (χ1n) is 4.83. The van der Waals surface area contributed by atoms with Gasteiger partial charge in [0.15, 0.2) is 0 Å². The van der Waals surface area contributed by atoms with Crippen molar-refractivity contribution >= 4 is 34.8 Å². The zero-order valence-electron chi connectivity index (χ0n) is 8.37. The molecule has 0 fully saturated rings. The Hall–Kier alpha value is -0.410. The van der Waals surface area contributed by atoms with E-state index >= 15 is 0 Å². The molecule has 1 aliphatic rings. The van der Waals surface area contributed by atoms with Crippen LogP contribution in [0.1, 0.15) is 11.6 Å². The molecule has 0 aromatic heterocycles. The molecule has 5 heteroatoms. The smallest absolute Gasteiger partial charge is 0.128 e. The van der Waals surface area contributed by atoms with Gasteiger partial charge in [0.05, 0.1) is 5.03 Å². The van der Waals surface area contributed by atoms with Crippen molar-refractivity contribution in [1.29, 1.82) is 0 Å². The van der Waals surface area contributed by atoms with Crippen molar-refractivity contribution < 1.29 is 4.84 Å². The lowest BCUT2D eigenvalue weighted by molar-refractivity contribution is -0.100. The maximum absolute atomic E-state index is 6.10. The highest BCUT2D eigenvalue weighted by Gasteiger charge is 2.29. The van der Waals surface area contributed by atoms with Gasteiger partial charge in [-0.2, -0.15) is 0 Å². The van der Waals surface area contributed by atoms with Crippen molar-refractivity contribution in [2.75, 3.05) is 12.4 Å². The monoisotopic (exact) mass is 277 g/mol. The summed E-state index contributed by atoms with van der Waals surface area (Å²) in [5.74, 6) is 0.488. The third kappa shape index (κ3) is 2.46. The van der Waals surface area contributed by atoms with Gasteiger partial charge in [-0.3, -0.25) is 0 Å². The second-order valence-electron chi connectivity index (χ2n) is 3.39. The fourth-order valence-electron chi connectivity index (χ4n) is 1.62. The van der Waals surface area contributed by atoms with Gasteiger partial charge in [-0.1, -0.05) is 35.3 Å². The van der Waals surface area contributed by atoms with E-state index < -0.39 is 0 Å². The Balaban J connectivity index is 2.23. The maximum atomic E-state index is 6.10. The molecule has 2 nitrogen and oxygen atoms in total. The topological polar surface area (TPSA) is 12.5 Å². The molecule has 0 saturated carbocycles. The van der Waals surface area contributed by atoms with E-state index in [1.54, 1.807) is 5.06 Å². The van der Waals surface area contributed by atoms with Crippen molar-refractivity contribution in [1.82, 2.24) is 5.06 Å². The summed E-state index contributed by atoms with van der Waals surface area (Å²) in [7, 11) is 0. The van der Waals surface area contributed by atoms with Crippen LogP contribution >= 0.6 is 34.8 Å². The SMILES string of the molecule is ClCCN1OC=C(Cl)C1c1ccc(Cl)cc1. The van der Waals surface area contributed by atoms with E-state index in [1.807, 2.05) is 24.3 Å². The zero-order chi connectivity index (χ0) is 11.5. The van der Waals surface area contributed by atoms with Gasteiger partial charge in [0.1, 0.15) is 12.3 Å². The highest BCUT2D eigenvalue weighted by atomic mass is 35.5. The van der Waals surface area contributed by atoms with Crippen molar-refractivity contribution in [3.05, 3.63) is 46.1 Å². The number of hydrogen-bond acceptors (Lipinski definition) is 2. The summed E-state index contributed by atoms with van der Waals surface area (Å²) in [6.07, 6.45) is 1.54. The molecular formula is C11H10Cl3NO. The van der Waals surface area contributed by atoms with Gasteiger partial charge in [-0.05, 0) is 17.7 Å². The number of hydroxylamine groups is 2. The fraction of sp³-hybridized carbons (Fsp3) is 0.273. The Kier molecular flexibility index (Phi) is 3.98. The van der Waals surface area contributed by atoms with Gasteiger partial charge >= 0.3 is 0 Å². The molecule has 0 aliphatic carbocycles. The summed E-state index contributed by atoms with van der Waals surface area (Å²) >= 11 is 17.6. The third-order valence-electron chi connectivity index (χ3n) is 2.34. The van der Waals surface area contributed by atoms with Crippen LogP contribution in [0.25, 0.3) is 0 Å². The minimum atomic E-state index is -0.0855. The Morgan fingerprint density at radius 2 is 1.88 bits per heavy atom. The van der Waals surface area contributed by atoms with Crippen LogP contribution in [0.4, 0.5) is 0 Å². The first kappa shape index (κ1) is 12.1. The van der Waals surface area contributed by atoms with Crippen LogP contribution in [0.15, 0.2) is 35.6 Å². The minimum absolute atomic E-state index is 0.0855. The highest BCUT2D eigenvalue weighted by Crippen LogP contribution is 2.36. The molecule has 0 bridgehead atoms. The van der Waals surface area contributed by atoms with Crippen LogP contribution in [0, 0.1) is 0 Å². The average molecular weight is 279 g/mol. The Morgan fingerprint density at radius 3 is 2.50 bits per heavy atom. The van der Waals surface area contributed by atoms with Crippen molar-refractivity contribution in [2.45, 2.75) is 6.04 Å². The normalized spacial score (nSPS) is 20.7. The van der Waals surface area contributed by atoms with Crippen LogP contribution in [0.3, 0.4) is 0 Å². The van der Waals surface area contributed by atoms with Crippen LogP contribution in [-0.4, -0.2) is 17.5 Å². The summed E-state index contributed by atoms with van der Waals surface area (Å²) < 4.78 is 0. The van der Waals surface area contributed by atoms with Crippen molar-refractivity contribution in [3.8, 4) is 0 Å². The Bertz CT molecular complexity index is 391. The van der Waals surface area contributed by atoms with Crippen LogP contribution in [0.2, 0.25) is 5.02 Å². The molecule has 1 aromatic carbocycles. The molecule has 0 amide bonds. The lowest BCUT2D eigenvalue weighted by Crippen LogP contribution is -2.25. The minimum Gasteiger partial charge on any atom is -0.411 e. The summed E-state index contributed by atoms with van der Waals surface area (Å²) in [4.78, 5) is 5.32. The fourth-order valence-corrected chi connectivity index (χ4v) is 2.18. The molecule has 0 saturated heterocycles. The number of benzene rings is 1. The standard InChI is InChI=1S/C11H10Cl3NO/c12-5-6-15-11(10(14)7-16-15)8-1-3-9(13)4-2-8/h1-4,7,11H,5-6H2. The van der Waals surface area contributed by atoms with Gasteiger partial charge in [0.2, 0.25) is 0 Å². The lowest BCUT2D eigenvalue weighted by atomic mass is 10.1. The number of halogens is 3.